The first-order valence-electron chi connectivity index (χ1n) is 7.72. The van der Waals surface area contributed by atoms with Gasteiger partial charge in [0.1, 0.15) is 5.54 Å². The molecule has 0 aromatic rings. The van der Waals surface area contributed by atoms with Crippen molar-refractivity contribution in [2.75, 3.05) is 13.1 Å². The van der Waals surface area contributed by atoms with Crippen LogP contribution in [0.2, 0.25) is 0 Å². The molecule has 2 amide bonds. The number of amides is 2. The molecule has 1 saturated carbocycles. The van der Waals surface area contributed by atoms with E-state index >= 15 is 0 Å². The number of hydrogen-bond acceptors (Lipinski definition) is 2. The van der Waals surface area contributed by atoms with Crippen LogP contribution in [0, 0.1) is 16.7 Å². The van der Waals surface area contributed by atoms with Gasteiger partial charge in [-0.3, -0.25) is 9.59 Å². The second-order valence-electron chi connectivity index (χ2n) is 7.52. The summed E-state index contributed by atoms with van der Waals surface area (Å²) in [7, 11) is 0. The smallest absolute Gasteiger partial charge is 0.248 e. The lowest BCUT2D eigenvalue weighted by molar-refractivity contribution is -0.150. The predicted molar refractivity (Wildman–Crippen MR) is 79.1 cm³/mol. The highest BCUT2D eigenvalue weighted by Crippen LogP contribution is 2.68. The lowest BCUT2D eigenvalue weighted by Crippen LogP contribution is -2.66. The highest BCUT2D eigenvalue weighted by Gasteiger charge is 2.65. The first-order valence-corrected chi connectivity index (χ1v) is 7.72. The summed E-state index contributed by atoms with van der Waals surface area (Å²) < 4.78 is 0. The quantitative estimate of drug-likeness (QED) is 0.858. The molecular formula is C16H28N2O2. The maximum absolute atomic E-state index is 12.8. The average Bonchev–Trinajstić information content (AvgIpc) is 2.75. The predicted octanol–water partition coefficient (Wildman–Crippen LogP) is 2.19. The van der Waals surface area contributed by atoms with Gasteiger partial charge in [0, 0.05) is 6.54 Å². The van der Waals surface area contributed by atoms with Crippen LogP contribution in [0.5, 0.6) is 0 Å². The van der Waals surface area contributed by atoms with E-state index in [1.807, 2.05) is 13.8 Å². The van der Waals surface area contributed by atoms with Crippen LogP contribution in [0.3, 0.4) is 0 Å². The van der Waals surface area contributed by atoms with Crippen molar-refractivity contribution in [3.63, 3.8) is 0 Å². The third-order valence-corrected chi connectivity index (χ3v) is 6.34. The van der Waals surface area contributed by atoms with Gasteiger partial charge in [0.15, 0.2) is 0 Å². The zero-order chi connectivity index (χ0) is 15.3. The van der Waals surface area contributed by atoms with Crippen LogP contribution in [-0.4, -0.2) is 35.3 Å². The molecule has 1 aliphatic heterocycles. The number of nitrogens with one attached hydrogen (secondary N) is 1. The first kappa shape index (κ1) is 15.3. The molecule has 2 fully saturated rings. The maximum Gasteiger partial charge on any atom is 0.248 e. The number of rotatable bonds is 4. The van der Waals surface area contributed by atoms with Gasteiger partial charge < -0.3 is 10.2 Å². The Hall–Kier alpha value is -1.06. The van der Waals surface area contributed by atoms with Crippen molar-refractivity contribution in [3.05, 3.63) is 0 Å². The van der Waals surface area contributed by atoms with E-state index in [4.69, 9.17) is 0 Å². The molecule has 0 bridgehead atoms. The molecule has 4 heteroatoms. The van der Waals surface area contributed by atoms with E-state index in [9.17, 15) is 9.59 Å². The second kappa shape index (κ2) is 4.47. The largest absolute Gasteiger partial charge is 0.340 e. The Morgan fingerprint density at radius 1 is 1.10 bits per heavy atom. The van der Waals surface area contributed by atoms with Crippen molar-refractivity contribution in [2.24, 2.45) is 16.7 Å². The lowest BCUT2D eigenvalue weighted by atomic mass is 9.88. The third-order valence-electron chi connectivity index (χ3n) is 6.34. The Morgan fingerprint density at radius 3 is 2.00 bits per heavy atom. The minimum atomic E-state index is -0.682. The molecule has 2 aliphatic rings. The molecule has 114 valence electrons. The Bertz CT molecular complexity index is 422. The van der Waals surface area contributed by atoms with Crippen molar-refractivity contribution >= 4 is 11.8 Å². The number of hydrogen-bond donors (Lipinski definition) is 1. The molecule has 1 saturated heterocycles. The van der Waals surface area contributed by atoms with E-state index in [1.165, 1.54) is 0 Å². The Kier molecular flexibility index (Phi) is 3.43. The molecule has 0 spiro atoms. The molecule has 1 heterocycles. The first-order chi connectivity index (χ1) is 9.12. The molecule has 0 aromatic heterocycles. The number of nitrogens with zero attached hydrogens (tertiary/aromatic N) is 1. The zero-order valence-electron chi connectivity index (χ0n) is 13.7. The van der Waals surface area contributed by atoms with E-state index < -0.39 is 5.54 Å². The molecule has 0 radical (unpaired) electrons. The molecule has 0 atom stereocenters. The van der Waals surface area contributed by atoms with Gasteiger partial charge in [-0.15, -0.1) is 0 Å². The Morgan fingerprint density at radius 2 is 1.60 bits per heavy atom. The van der Waals surface area contributed by atoms with E-state index in [0.29, 0.717) is 25.3 Å². The SMILES string of the molecule is CCC1(CC)NC(=O)CN(CC2C(C)(C)C2(C)C)C1=O. The van der Waals surface area contributed by atoms with Crippen LogP contribution in [0.15, 0.2) is 0 Å². The summed E-state index contributed by atoms with van der Waals surface area (Å²) >= 11 is 0. The topological polar surface area (TPSA) is 49.4 Å². The summed E-state index contributed by atoms with van der Waals surface area (Å²) in [6.07, 6.45) is 1.31. The van der Waals surface area contributed by atoms with Crippen molar-refractivity contribution in [1.82, 2.24) is 10.2 Å². The fraction of sp³-hybridized carbons (Fsp3) is 0.875. The lowest BCUT2D eigenvalue weighted by Gasteiger charge is -2.41. The van der Waals surface area contributed by atoms with Gasteiger partial charge >= 0.3 is 0 Å². The van der Waals surface area contributed by atoms with Crippen LogP contribution >= 0.6 is 0 Å². The third kappa shape index (κ3) is 1.95. The Labute approximate surface area is 122 Å². The van der Waals surface area contributed by atoms with Crippen LogP contribution in [0.1, 0.15) is 54.4 Å². The second-order valence-corrected chi connectivity index (χ2v) is 7.52. The average molecular weight is 280 g/mol. The van der Waals surface area contributed by atoms with Crippen LogP contribution in [0.25, 0.3) is 0 Å². The van der Waals surface area contributed by atoms with E-state index in [2.05, 4.69) is 33.0 Å². The molecule has 0 aromatic carbocycles. The van der Waals surface area contributed by atoms with Gasteiger partial charge in [-0.1, -0.05) is 41.5 Å². The van der Waals surface area contributed by atoms with Crippen molar-refractivity contribution in [2.45, 2.75) is 59.9 Å². The summed E-state index contributed by atoms with van der Waals surface area (Å²) in [5.41, 5.74) is -0.205. The highest BCUT2D eigenvalue weighted by atomic mass is 16.2. The fourth-order valence-electron chi connectivity index (χ4n) is 3.79. The minimum Gasteiger partial charge on any atom is -0.340 e. The van der Waals surface area contributed by atoms with E-state index in [1.54, 1.807) is 4.90 Å². The van der Waals surface area contributed by atoms with Crippen LogP contribution in [-0.2, 0) is 9.59 Å². The molecule has 2 rings (SSSR count). The van der Waals surface area contributed by atoms with Gasteiger partial charge in [-0.25, -0.2) is 0 Å². The highest BCUT2D eigenvalue weighted by molar-refractivity contribution is 5.97. The van der Waals surface area contributed by atoms with E-state index in [0.717, 1.165) is 0 Å². The number of carbonyl (C=O) groups is 2. The normalized spacial score (nSPS) is 27.4. The number of piperazine rings is 1. The maximum atomic E-state index is 12.8. The summed E-state index contributed by atoms with van der Waals surface area (Å²) in [5.74, 6) is 0.543. The summed E-state index contributed by atoms with van der Waals surface area (Å²) in [4.78, 5) is 26.5. The van der Waals surface area contributed by atoms with Gasteiger partial charge in [-0.2, -0.15) is 0 Å². The minimum absolute atomic E-state index is 0.0236. The molecular weight excluding hydrogens is 252 g/mol. The molecule has 0 unspecified atom stereocenters. The summed E-state index contributed by atoms with van der Waals surface area (Å²) in [5, 5.41) is 2.91. The number of carbonyl (C=O) groups excluding carboxylic acids is 2. The monoisotopic (exact) mass is 280 g/mol. The van der Waals surface area contributed by atoms with Gasteiger partial charge in [0.25, 0.3) is 0 Å². The van der Waals surface area contributed by atoms with E-state index in [-0.39, 0.29) is 29.2 Å². The Balaban J connectivity index is 2.17. The fourth-order valence-corrected chi connectivity index (χ4v) is 3.79. The molecule has 1 aliphatic carbocycles. The van der Waals surface area contributed by atoms with Gasteiger partial charge in [-0.05, 0) is 29.6 Å². The molecule has 4 nitrogen and oxygen atoms in total. The van der Waals surface area contributed by atoms with Gasteiger partial charge in [0.05, 0.1) is 6.54 Å². The standard InChI is InChI=1S/C16H28N2O2/c1-7-16(8-2)13(20)18(10-12(19)17-16)9-11-14(3,4)15(11,5)6/h11H,7-10H2,1-6H3,(H,17,19). The van der Waals surface area contributed by atoms with Crippen molar-refractivity contribution < 1.29 is 9.59 Å². The van der Waals surface area contributed by atoms with Crippen molar-refractivity contribution in [3.8, 4) is 0 Å². The summed E-state index contributed by atoms with van der Waals surface area (Å²) in [6, 6.07) is 0. The van der Waals surface area contributed by atoms with Crippen molar-refractivity contribution in [1.29, 1.82) is 0 Å². The molecule has 1 N–H and O–H groups in total. The van der Waals surface area contributed by atoms with Crippen LogP contribution in [0.4, 0.5) is 0 Å². The molecule has 20 heavy (non-hydrogen) atoms. The van der Waals surface area contributed by atoms with Gasteiger partial charge in [0.2, 0.25) is 11.8 Å². The zero-order valence-corrected chi connectivity index (χ0v) is 13.7. The van der Waals surface area contributed by atoms with Crippen LogP contribution < -0.4 is 5.32 Å². The summed E-state index contributed by atoms with van der Waals surface area (Å²) in [6.45, 7) is 13.8.